The molecule has 1 atom stereocenters. The number of para-hydroxylation sites is 1. The molecule has 2 aromatic rings. The number of carbonyl (C=O) groups is 1. The molecule has 4 rings (SSSR count). The van der Waals surface area contributed by atoms with Crippen LogP contribution in [-0.4, -0.2) is 47.2 Å². The van der Waals surface area contributed by atoms with Crippen molar-refractivity contribution >= 4 is 17.9 Å². The van der Waals surface area contributed by atoms with E-state index in [9.17, 15) is 9.59 Å². The molecule has 3 N–H and O–H groups in total. The van der Waals surface area contributed by atoms with Gasteiger partial charge in [-0.1, -0.05) is 24.3 Å². The molecule has 8 heteroatoms. The van der Waals surface area contributed by atoms with E-state index in [1.807, 2.05) is 24.3 Å². The van der Waals surface area contributed by atoms with Gasteiger partial charge in [0.2, 0.25) is 0 Å². The molecular formula is C24H27N5O3. The number of aromatic nitrogens is 2. The maximum absolute atomic E-state index is 13.2. The van der Waals surface area contributed by atoms with Gasteiger partial charge in [-0.05, 0) is 43.9 Å². The number of allylic oxidation sites excluding steroid dienone is 4. The van der Waals surface area contributed by atoms with E-state index in [1.165, 1.54) is 0 Å². The number of piperidine rings is 1. The van der Waals surface area contributed by atoms with Gasteiger partial charge in [-0.25, -0.2) is 4.98 Å². The third-order valence-corrected chi connectivity index (χ3v) is 5.84. The SMILES string of the molecule is COc1ccccc1C(=O)N1CCCC(c2nc(NC3=CC=CCC3)c(C=N)c(=O)[nH]2)C1. The van der Waals surface area contributed by atoms with Crippen molar-refractivity contribution in [2.75, 3.05) is 25.5 Å². The van der Waals surface area contributed by atoms with Gasteiger partial charge in [0.05, 0.1) is 18.2 Å². The average Bonchev–Trinajstić information content (AvgIpc) is 2.84. The Balaban J connectivity index is 1.59. The lowest BCUT2D eigenvalue weighted by molar-refractivity contribution is 0.0701. The Morgan fingerprint density at radius 3 is 2.97 bits per heavy atom. The molecule has 1 aliphatic heterocycles. The quantitative estimate of drug-likeness (QED) is 0.605. The number of rotatable bonds is 6. The zero-order chi connectivity index (χ0) is 22.5. The Kier molecular flexibility index (Phi) is 6.49. The number of nitrogens with one attached hydrogen (secondary N) is 3. The summed E-state index contributed by atoms with van der Waals surface area (Å²) in [6.07, 6.45) is 10.4. The Bertz CT molecular complexity index is 1130. The average molecular weight is 434 g/mol. The van der Waals surface area contributed by atoms with Gasteiger partial charge in [0, 0.05) is 30.9 Å². The number of aromatic amines is 1. The number of methoxy groups -OCH3 is 1. The van der Waals surface area contributed by atoms with Gasteiger partial charge in [0.25, 0.3) is 11.5 Å². The first kappa shape index (κ1) is 21.5. The monoisotopic (exact) mass is 433 g/mol. The Morgan fingerprint density at radius 2 is 2.22 bits per heavy atom. The highest BCUT2D eigenvalue weighted by Gasteiger charge is 2.29. The van der Waals surface area contributed by atoms with E-state index in [-0.39, 0.29) is 22.9 Å². The van der Waals surface area contributed by atoms with Crippen LogP contribution in [0.2, 0.25) is 0 Å². The Labute approximate surface area is 186 Å². The summed E-state index contributed by atoms with van der Waals surface area (Å²) in [7, 11) is 1.55. The third-order valence-electron chi connectivity index (χ3n) is 5.84. The lowest BCUT2D eigenvalue weighted by atomic mass is 9.96. The van der Waals surface area contributed by atoms with Crippen molar-refractivity contribution in [1.82, 2.24) is 14.9 Å². The van der Waals surface area contributed by atoms with Crippen molar-refractivity contribution in [1.29, 1.82) is 5.41 Å². The predicted octanol–water partition coefficient (Wildman–Crippen LogP) is 3.44. The number of ether oxygens (including phenoxy) is 1. The summed E-state index contributed by atoms with van der Waals surface area (Å²) in [6, 6.07) is 7.19. The molecule has 0 radical (unpaired) electrons. The van der Waals surface area contributed by atoms with Crippen LogP contribution in [0, 0.1) is 5.41 Å². The molecule has 1 aromatic carbocycles. The number of carbonyl (C=O) groups excluding carboxylic acids is 1. The van der Waals surface area contributed by atoms with Gasteiger partial charge < -0.3 is 25.3 Å². The van der Waals surface area contributed by atoms with Crippen LogP contribution in [0.1, 0.15) is 53.3 Å². The van der Waals surface area contributed by atoms with E-state index >= 15 is 0 Å². The van der Waals surface area contributed by atoms with Crippen LogP contribution in [0.3, 0.4) is 0 Å². The zero-order valence-electron chi connectivity index (χ0n) is 18.1. The van der Waals surface area contributed by atoms with Gasteiger partial charge >= 0.3 is 0 Å². The van der Waals surface area contributed by atoms with Crippen LogP contribution in [0.15, 0.2) is 53.0 Å². The zero-order valence-corrected chi connectivity index (χ0v) is 18.1. The van der Waals surface area contributed by atoms with Crippen molar-refractivity contribution in [3.8, 4) is 5.75 Å². The summed E-state index contributed by atoms with van der Waals surface area (Å²) >= 11 is 0. The van der Waals surface area contributed by atoms with E-state index in [1.54, 1.807) is 24.1 Å². The maximum atomic E-state index is 13.2. The topological polar surface area (TPSA) is 111 Å². The van der Waals surface area contributed by atoms with Crippen molar-refractivity contribution in [2.45, 2.75) is 31.6 Å². The summed E-state index contributed by atoms with van der Waals surface area (Å²) in [5.74, 6) is 1.27. The summed E-state index contributed by atoms with van der Waals surface area (Å²) < 4.78 is 5.35. The smallest absolute Gasteiger partial charge is 0.261 e. The molecule has 166 valence electrons. The lowest BCUT2D eigenvalue weighted by Gasteiger charge is -2.32. The summed E-state index contributed by atoms with van der Waals surface area (Å²) in [5.41, 5.74) is 1.32. The highest BCUT2D eigenvalue weighted by atomic mass is 16.5. The highest BCUT2D eigenvalue weighted by Crippen LogP contribution is 2.28. The van der Waals surface area contributed by atoms with E-state index in [2.05, 4.69) is 21.4 Å². The number of anilines is 1. The second-order valence-corrected chi connectivity index (χ2v) is 7.93. The van der Waals surface area contributed by atoms with Gasteiger partial charge in [-0.2, -0.15) is 0 Å². The molecule has 1 aliphatic carbocycles. The Morgan fingerprint density at radius 1 is 1.38 bits per heavy atom. The maximum Gasteiger partial charge on any atom is 0.261 e. The lowest BCUT2D eigenvalue weighted by Crippen LogP contribution is -2.40. The van der Waals surface area contributed by atoms with Gasteiger partial charge in [-0.3, -0.25) is 9.59 Å². The third kappa shape index (κ3) is 4.49. The summed E-state index contributed by atoms with van der Waals surface area (Å²) in [4.78, 5) is 35.1. The highest BCUT2D eigenvalue weighted by molar-refractivity contribution is 5.97. The van der Waals surface area contributed by atoms with E-state index < -0.39 is 0 Å². The molecule has 0 saturated carbocycles. The minimum atomic E-state index is -0.354. The van der Waals surface area contributed by atoms with Crippen LogP contribution in [0.4, 0.5) is 5.82 Å². The number of H-pyrrole nitrogens is 1. The number of nitrogens with zero attached hydrogens (tertiary/aromatic N) is 2. The van der Waals surface area contributed by atoms with Crippen LogP contribution in [0.5, 0.6) is 5.75 Å². The second-order valence-electron chi connectivity index (χ2n) is 7.93. The molecule has 1 fully saturated rings. The first-order chi connectivity index (χ1) is 15.6. The number of amides is 1. The predicted molar refractivity (Wildman–Crippen MR) is 124 cm³/mol. The molecule has 8 nitrogen and oxygen atoms in total. The summed E-state index contributed by atoms with van der Waals surface area (Å²) in [6.45, 7) is 1.09. The molecule has 1 amide bonds. The molecule has 32 heavy (non-hydrogen) atoms. The molecule has 1 saturated heterocycles. The van der Waals surface area contributed by atoms with E-state index in [4.69, 9.17) is 10.1 Å². The Hall–Kier alpha value is -3.68. The molecule has 1 aromatic heterocycles. The minimum Gasteiger partial charge on any atom is -0.496 e. The number of likely N-dealkylation sites (tertiary alicyclic amines) is 1. The van der Waals surface area contributed by atoms with E-state index in [0.29, 0.717) is 36.0 Å². The van der Waals surface area contributed by atoms with Crippen LogP contribution >= 0.6 is 0 Å². The first-order valence-electron chi connectivity index (χ1n) is 10.8. The van der Waals surface area contributed by atoms with Gasteiger partial charge in [-0.15, -0.1) is 0 Å². The number of benzene rings is 1. The normalized spacial score (nSPS) is 18.1. The fourth-order valence-corrected chi connectivity index (χ4v) is 4.16. The van der Waals surface area contributed by atoms with Crippen molar-refractivity contribution in [3.05, 3.63) is 75.5 Å². The van der Waals surface area contributed by atoms with Crippen molar-refractivity contribution < 1.29 is 9.53 Å². The second kappa shape index (κ2) is 9.64. The van der Waals surface area contributed by atoms with Crippen LogP contribution in [0.25, 0.3) is 0 Å². The standard InChI is InChI=1S/C24H27N5O3/c1-32-20-12-6-5-11-18(20)24(31)29-13-7-8-16(15-29)21-27-22(19(14-25)23(30)28-21)26-17-9-3-2-4-10-17/h2-3,5-6,9,11-12,14,16,25H,4,7-8,10,13,15H2,1H3,(H2,26,27,28,30). The van der Waals surface area contributed by atoms with Crippen LogP contribution in [-0.2, 0) is 0 Å². The molecule has 1 unspecified atom stereocenters. The molecule has 0 bridgehead atoms. The van der Waals surface area contributed by atoms with Gasteiger partial charge in [0.1, 0.15) is 17.4 Å². The minimum absolute atomic E-state index is 0.0943. The van der Waals surface area contributed by atoms with Gasteiger partial charge in [0.15, 0.2) is 0 Å². The fourth-order valence-electron chi connectivity index (χ4n) is 4.16. The molecule has 2 heterocycles. The van der Waals surface area contributed by atoms with Crippen molar-refractivity contribution in [3.63, 3.8) is 0 Å². The molecule has 0 spiro atoms. The molecular weight excluding hydrogens is 406 g/mol. The fraction of sp³-hybridized carbons (Fsp3) is 0.333. The first-order valence-corrected chi connectivity index (χ1v) is 10.8. The number of hydrogen-bond donors (Lipinski definition) is 3. The molecule has 2 aliphatic rings. The largest absolute Gasteiger partial charge is 0.496 e. The van der Waals surface area contributed by atoms with Crippen LogP contribution < -0.4 is 15.6 Å². The number of hydrogen-bond acceptors (Lipinski definition) is 6. The van der Waals surface area contributed by atoms with E-state index in [0.717, 1.165) is 37.6 Å². The van der Waals surface area contributed by atoms with Crippen molar-refractivity contribution in [2.24, 2.45) is 0 Å². The summed E-state index contributed by atoms with van der Waals surface area (Å²) in [5, 5.41) is 10.9.